The summed E-state index contributed by atoms with van der Waals surface area (Å²) in [5, 5.41) is 11.2. The van der Waals surface area contributed by atoms with Gasteiger partial charge in [-0.05, 0) is 23.5 Å². The van der Waals surface area contributed by atoms with E-state index in [1.54, 1.807) is 0 Å². The molecule has 0 bridgehead atoms. The van der Waals surface area contributed by atoms with Crippen LogP contribution in [0.3, 0.4) is 0 Å². The van der Waals surface area contributed by atoms with E-state index in [4.69, 9.17) is 9.84 Å². The molecule has 0 heterocycles. The van der Waals surface area contributed by atoms with E-state index >= 15 is 0 Å². The van der Waals surface area contributed by atoms with Crippen molar-refractivity contribution in [2.45, 2.75) is 39.2 Å². The minimum atomic E-state index is -1.09. The Bertz CT molecular complexity index is 488. The van der Waals surface area contributed by atoms with Gasteiger partial charge >= 0.3 is 5.97 Å². The van der Waals surface area contributed by atoms with Crippen LogP contribution in [0.5, 0.6) is 0 Å². The van der Waals surface area contributed by atoms with Crippen molar-refractivity contribution >= 4 is 11.9 Å². The van der Waals surface area contributed by atoms with Crippen LogP contribution < -0.4 is 5.32 Å². The number of amides is 1. The summed E-state index contributed by atoms with van der Waals surface area (Å²) < 4.78 is 4.75. The molecular formula is C16H23NO4. The second-order valence-electron chi connectivity index (χ2n) is 6.05. The van der Waals surface area contributed by atoms with Crippen LogP contribution >= 0.6 is 0 Å². The first kappa shape index (κ1) is 17.2. The van der Waals surface area contributed by atoms with Crippen LogP contribution in [0, 0.1) is 0 Å². The maximum atomic E-state index is 11.6. The first-order chi connectivity index (χ1) is 9.70. The van der Waals surface area contributed by atoms with Gasteiger partial charge in [-0.25, -0.2) is 4.79 Å². The number of rotatable bonds is 6. The molecule has 1 aromatic carbocycles. The van der Waals surface area contributed by atoms with Gasteiger partial charge in [0.15, 0.2) is 0 Å². The van der Waals surface area contributed by atoms with Gasteiger partial charge in [-0.15, -0.1) is 0 Å². The van der Waals surface area contributed by atoms with E-state index in [0.29, 0.717) is 0 Å². The summed E-state index contributed by atoms with van der Waals surface area (Å²) in [5.41, 5.74) is 2.32. The van der Waals surface area contributed by atoms with Crippen LogP contribution in [0.4, 0.5) is 0 Å². The average molecular weight is 293 g/mol. The van der Waals surface area contributed by atoms with E-state index in [1.165, 1.54) is 5.56 Å². The second kappa shape index (κ2) is 7.22. The van der Waals surface area contributed by atoms with E-state index in [-0.39, 0.29) is 24.0 Å². The number of hydrogen-bond acceptors (Lipinski definition) is 3. The van der Waals surface area contributed by atoms with E-state index in [2.05, 4.69) is 38.2 Å². The van der Waals surface area contributed by atoms with Gasteiger partial charge in [0, 0.05) is 0 Å². The smallest absolute Gasteiger partial charge is 0.329 e. The van der Waals surface area contributed by atoms with Gasteiger partial charge < -0.3 is 15.2 Å². The number of benzene rings is 1. The predicted molar refractivity (Wildman–Crippen MR) is 80.2 cm³/mol. The number of nitrogens with one attached hydrogen (secondary N) is 1. The van der Waals surface area contributed by atoms with Crippen molar-refractivity contribution in [2.24, 2.45) is 0 Å². The average Bonchev–Trinajstić information content (AvgIpc) is 2.37. The first-order valence-electron chi connectivity index (χ1n) is 6.89. The summed E-state index contributed by atoms with van der Waals surface area (Å²) in [7, 11) is 0. The zero-order valence-electron chi connectivity index (χ0n) is 13.0. The third kappa shape index (κ3) is 5.95. The van der Waals surface area contributed by atoms with Gasteiger partial charge in [0.1, 0.15) is 13.2 Å². The molecule has 116 valence electrons. The molecule has 1 atom stereocenters. The van der Waals surface area contributed by atoms with Crippen molar-refractivity contribution in [2.75, 3.05) is 13.2 Å². The highest BCUT2D eigenvalue weighted by atomic mass is 16.5. The van der Waals surface area contributed by atoms with Crippen LogP contribution in [0.15, 0.2) is 24.3 Å². The highest BCUT2D eigenvalue weighted by molar-refractivity contribution is 5.78. The molecule has 1 aromatic rings. The molecule has 1 rings (SSSR count). The largest absolute Gasteiger partial charge is 0.480 e. The minimum Gasteiger partial charge on any atom is -0.480 e. The molecule has 0 unspecified atom stereocenters. The normalized spacial score (nSPS) is 12.8. The predicted octanol–water partition coefficient (Wildman–Crippen LogP) is 2.26. The van der Waals surface area contributed by atoms with Crippen molar-refractivity contribution < 1.29 is 19.4 Å². The highest BCUT2D eigenvalue weighted by Crippen LogP contribution is 2.23. The zero-order chi connectivity index (χ0) is 16.0. The Hall–Kier alpha value is -1.88. The van der Waals surface area contributed by atoms with Gasteiger partial charge in [-0.3, -0.25) is 4.79 Å². The van der Waals surface area contributed by atoms with Crippen molar-refractivity contribution in [3.63, 3.8) is 0 Å². The molecule has 1 amide bonds. The van der Waals surface area contributed by atoms with Gasteiger partial charge in [-0.1, -0.05) is 45.0 Å². The van der Waals surface area contributed by atoms with Crippen LogP contribution in [0.25, 0.3) is 0 Å². The maximum absolute atomic E-state index is 11.6. The molecule has 0 aliphatic heterocycles. The number of carbonyl (C=O) groups is 2. The number of carboxylic acid groups (broad SMARTS) is 1. The summed E-state index contributed by atoms with van der Waals surface area (Å²) >= 11 is 0. The lowest BCUT2D eigenvalue weighted by Crippen LogP contribution is -2.31. The van der Waals surface area contributed by atoms with E-state index in [1.807, 2.05) is 19.1 Å². The summed E-state index contributed by atoms with van der Waals surface area (Å²) in [6.45, 7) is 7.59. The molecule has 0 aromatic heterocycles. The molecule has 0 radical (unpaired) electrons. The highest BCUT2D eigenvalue weighted by Gasteiger charge is 2.15. The standard InChI is InChI=1S/C16H23NO4/c1-11(17-14(18)9-21-10-15(19)20)12-5-7-13(8-6-12)16(2,3)4/h5-8,11H,9-10H2,1-4H3,(H,17,18)(H,19,20)/t11-/m0/s1. The Balaban J connectivity index is 2.53. The summed E-state index contributed by atoms with van der Waals surface area (Å²) in [6.07, 6.45) is 0. The minimum absolute atomic E-state index is 0.0929. The lowest BCUT2D eigenvalue weighted by atomic mass is 9.86. The van der Waals surface area contributed by atoms with Gasteiger partial charge in [0.05, 0.1) is 6.04 Å². The monoisotopic (exact) mass is 293 g/mol. The van der Waals surface area contributed by atoms with Crippen molar-refractivity contribution in [1.82, 2.24) is 5.32 Å². The number of hydrogen-bond donors (Lipinski definition) is 2. The fraction of sp³-hybridized carbons (Fsp3) is 0.500. The molecule has 5 heteroatoms. The third-order valence-electron chi connectivity index (χ3n) is 3.11. The van der Waals surface area contributed by atoms with Gasteiger partial charge in [0.25, 0.3) is 0 Å². The van der Waals surface area contributed by atoms with Crippen LogP contribution in [-0.2, 0) is 19.7 Å². The number of carboxylic acids is 1. The third-order valence-corrected chi connectivity index (χ3v) is 3.11. The SMILES string of the molecule is C[C@H](NC(=O)COCC(=O)O)c1ccc(C(C)(C)C)cc1. The number of ether oxygens (including phenoxy) is 1. The molecule has 0 aliphatic rings. The molecule has 0 aliphatic carbocycles. The van der Waals surface area contributed by atoms with Crippen LogP contribution in [-0.4, -0.2) is 30.2 Å². The second-order valence-corrected chi connectivity index (χ2v) is 6.05. The lowest BCUT2D eigenvalue weighted by Gasteiger charge is -2.20. The summed E-state index contributed by atoms with van der Waals surface area (Å²) in [5.74, 6) is -1.42. The fourth-order valence-electron chi connectivity index (χ4n) is 1.87. The molecule has 0 spiro atoms. The zero-order valence-corrected chi connectivity index (χ0v) is 13.0. The summed E-state index contributed by atoms with van der Waals surface area (Å²) in [4.78, 5) is 21.9. The molecule has 0 saturated heterocycles. The Kier molecular flexibility index (Phi) is 5.90. The molecule has 21 heavy (non-hydrogen) atoms. The Morgan fingerprint density at radius 1 is 1.19 bits per heavy atom. The van der Waals surface area contributed by atoms with Crippen molar-refractivity contribution in [3.05, 3.63) is 35.4 Å². The summed E-state index contributed by atoms with van der Waals surface area (Å²) in [6, 6.07) is 7.94. The first-order valence-corrected chi connectivity index (χ1v) is 6.89. The molecule has 2 N–H and O–H groups in total. The Labute approximate surface area is 125 Å². The molecule has 0 fully saturated rings. The van der Waals surface area contributed by atoms with Gasteiger partial charge in [-0.2, -0.15) is 0 Å². The van der Waals surface area contributed by atoms with Crippen LogP contribution in [0.1, 0.15) is 44.9 Å². The van der Waals surface area contributed by atoms with E-state index in [9.17, 15) is 9.59 Å². The quantitative estimate of drug-likeness (QED) is 0.843. The van der Waals surface area contributed by atoms with E-state index in [0.717, 1.165) is 5.56 Å². The van der Waals surface area contributed by atoms with E-state index < -0.39 is 12.6 Å². The molecule has 5 nitrogen and oxygen atoms in total. The Morgan fingerprint density at radius 3 is 2.24 bits per heavy atom. The molecule has 0 saturated carbocycles. The number of carbonyl (C=O) groups excluding carboxylic acids is 1. The topological polar surface area (TPSA) is 75.6 Å². The Morgan fingerprint density at radius 2 is 1.76 bits per heavy atom. The van der Waals surface area contributed by atoms with Crippen molar-refractivity contribution in [3.8, 4) is 0 Å². The fourth-order valence-corrected chi connectivity index (χ4v) is 1.87. The lowest BCUT2D eigenvalue weighted by molar-refractivity contribution is -0.143. The molecular weight excluding hydrogens is 270 g/mol. The maximum Gasteiger partial charge on any atom is 0.329 e. The van der Waals surface area contributed by atoms with Gasteiger partial charge in [0.2, 0.25) is 5.91 Å². The van der Waals surface area contributed by atoms with Crippen LogP contribution in [0.2, 0.25) is 0 Å². The number of aliphatic carboxylic acids is 1. The van der Waals surface area contributed by atoms with Crippen molar-refractivity contribution in [1.29, 1.82) is 0 Å².